The second-order valence-corrected chi connectivity index (χ2v) is 5.78. The Balaban J connectivity index is 1.61. The van der Waals surface area contributed by atoms with Gasteiger partial charge in [0.2, 0.25) is 17.6 Å². The molecule has 0 bridgehead atoms. The van der Waals surface area contributed by atoms with Gasteiger partial charge in [-0.1, -0.05) is 28.9 Å². The Morgan fingerprint density at radius 3 is 3.05 bits per heavy atom. The van der Waals surface area contributed by atoms with Crippen LogP contribution in [0.5, 0.6) is 0 Å². The molecule has 1 saturated carbocycles. The number of aromatic nitrogens is 2. The van der Waals surface area contributed by atoms with Crippen molar-refractivity contribution >= 4 is 17.5 Å². The number of amides is 1. The Bertz CT molecular complexity index is 674. The van der Waals surface area contributed by atoms with Crippen LogP contribution in [-0.2, 0) is 11.3 Å². The summed E-state index contributed by atoms with van der Waals surface area (Å²) in [4.78, 5) is 16.2. The molecule has 0 aliphatic heterocycles. The van der Waals surface area contributed by atoms with Crippen molar-refractivity contribution in [1.82, 2.24) is 15.5 Å². The molecule has 1 heterocycles. The van der Waals surface area contributed by atoms with E-state index in [4.69, 9.17) is 16.1 Å². The summed E-state index contributed by atoms with van der Waals surface area (Å²) in [6, 6.07) is 7.13. The van der Waals surface area contributed by atoms with Crippen molar-refractivity contribution in [3.8, 4) is 11.4 Å². The smallest absolute Gasteiger partial charge is 0.246 e. The highest BCUT2D eigenvalue weighted by Crippen LogP contribution is 2.25. The maximum Gasteiger partial charge on any atom is 0.246 e. The molecule has 0 saturated heterocycles. The van der Waals surface area contributed by atoms with Crippen LogP contribution in [0.3, 0.4) is 0 Å². The van der Waals surface area contributed by atoms with Crippen LogP contribution in [0.1, 0.15) is 25.2 Å². The SMILES string of the molecule is O=C(NCc1nc(-c2cccc(Cl)c2)no1)C1CCCC1O. The van der Waals surface area contributed by atoms with Crippen LogP contribution in [-0.4, -0.2) is 27.3 Å². The van der Waals surface area contributed by atoms with Crippen molar-refractivity contribution < 1.29 is 14.4 Å². The molecule has 7 heteroatoms. The van der Waals surface area contributed by atoms with Crippen molar-refractivity contribution in [3.63, 3.8) is 0 Å². The van der Waals surface area contributed by atoms with Crippen LogP contribution in [0.15, 0.2) is 28.8 Å². The number of aliphatic hydroxyl groups is 1. The van der Waals surface area contributed by atoms with Gasteiger partial charge in [-0.2, -0.15) is 4.98 Å². The number of halogens is 1. The maximum atomic E-state index is 12.0. The Morgan fingerprint density at radius 2 is 2.32 bits per heavy atom. The Labute approximate surface area is 132 Å². The third kappa shape index (κ3) is 3.28. The number of benzene rings is 1. The van der Waals surface area contributed by atoms with Gasteiger partial charge in [0.05, 0.1) is 18.6 Å². The van der Waals surface area contributed by atoms with Crippen LogP contribution in [0, 0.1) is 5.92 Å². The van der Waals surface area contributed by atoms with Crippen molar-refractivity contribution in [2.75, 3.05) is 0 Å². The quantitative estimate of drug-likeness (QED) is 0.901. The highest BCUT2D eigenvalue weighted by atomic mass is 35.5. The molecule has 1 aliphatic carbocycles. The standard InChI is InChI=1S/C15H16ClN3O3/c16-10-4-1-3-9(7-10)14-18-13(22-19-14)8-17-15(21)11-5-2-6-12(11)20/h1,3-4,7,11-12,20H,2,5-6,8H2,(H,17,21). The Morgan fingerprint density at radius 1 is 1.45 bits per heavy atom. The van der Waals surface area contributed by atoms with E-state index >= 15 is 0 Å². The van der Waals surface area contributed by atoms with Gasteiger partial charge in [-0.05, 0) is 31.4 Å². The first-order valence-electron chi connectivity index (χ1n) is 7.18. The van der Waals surface area contributed by atoms with Crippen LogP contribution >= 0.6 is 11.6 Å². The third-order valence-electron chi connectivity index (χ3n) is 3.78. The van der Waals surface area contributed by atoms with E-state index in [1.165, 1.54) is 0 Å². The third-order valence-corrected chi connectivity index (χ3v) is 4.02. The van der Waals surface area contributed by atoms with Crippen molar-refractivity contribution in [3.05, 3.63) is 35.2 Å². The lowest BCUT2D eigenvalue weighted by molar-refractivity contribution is -0.127. The summed E-state index contributed by atoms with van der Waals surface area (Å²) >= 11 is 5.92. The molecule has 0 spiro atoms. The number of nitrogens with one attached hydrogen (secondary N) is 1. The number of carbonyl (C=O) groups excluding carboxylic acids is 1. The van der Waals surface area contributed by atoms with E-state index in [9.17, 15) is 9.90 Å². The van der Waals surface area contributed by atoms with Crippen LogP contribution < -0.4 is 5.32 Å². The summed E-state index contributed by atoms with van der Waals surface area (Å²) < 4.78 is 5.12. The maximum absolute atomic E-state index is 12.0. The fraction of sp³-hybridized carbons (Fsp3) is 0.400. The largest absolute Gasteiger partial charge is 0.392 e. The molecule has 22 heavy (non-hydrogen) atoms. The Hall–Kier alpha value is -1.92. The second-order valence-electron chi connectivity index (χ2n) is 5.34. The molecule has 2 N–H and O–H groups in total. The minimum absolute atomic E-state index is 0.148. The highest BCUT2D eigenvalue weighted by Gasteiger charge is 2.31. The summed E-state index contributed by atoms with van der Waals surface area (Å²) in [6.07, 6.45) is 1.71. The van der Waals surface area contributed by atoms with E-state index in [0.717, 1.165) is 12.0 Å². The van der Waals surface area contributed by atoms with Gasteiger partial charge in [0.25, 0.3) is 0 Å². The number of hydrogen-bond acceptors (Lipinski definition) is 5. The second kappa shape index (κ2) is 6.46. The highest BCUT2D eigenvalue weighted by molar-refractivity contribution is 6.30. The van der Waals surface area contributed by atoms with Gasteiger partial charge < -0.3 is 14.9 Å². The summed E-state index contributed by atoms with van der Waals surface area (Å²) in [7, 11) is 0. The lowest BCUT2D eigenvalue weighted by atomic mass is 10.1. The van der Waals surface area contributed by atoms with Gasteiger partial charge in [-0.25, -0.2) is 0 Å². The molecule has 0 radical (unpaired) electrons. The number of hydrogen-bond donors (Lipinski definition) is 2. The van der Waals surface area contributed by atoms with Crippen LogP contribution in [0.25, 0.3) is 11.4 Å². The lowest BCUT2D eigenvalue weighted by Crippen LogP contribution is -2.34. The first kappa shape index (κ1) is 15.0. The van der Waals surface area contributed by atoms with Crippen molar-refractivity contribution in [1.29, 1.82) is 0 Å². The number of nitrogens with zero attached hydrogens (tertiary/aromatic N) is 2. The predicted molar refractivity (Wildman–Crippen MR) is 79.9 cm³/mol. The van der Waals surface area contributed by atoms with Gasteiger partial charge in [0.1, 0.15) is 0 Å². The monoisotopic (exact) mass is 321 g/mol. The van der Waals surface area contributed by atoms with E-state index in [2.05, 4.69) is 15.5 Å². The molecule has 2 atom stereocenters. The molecule has 1 aromatic heterocycles. The molecule has 6 nitrogen and oxygen atoms in total. The van der Waals surface area contributed by atoms with Crippen LogP contribution in [0.4, 0.5) is 0 Å². The summed E-state index contributed by atoms with van der Waals surface area (Å²) in [6.45, 7) is 0.148. The molecule has 2 unspecified atom stereocenters. The van der Waals surface area contributed by atoms with E-state index in [1.54, 1.807) is 18.2 Å². The molecule has 1 aromatic carbocycles. The molecule has 1 amide bonds. The zero-order valence-corrected chi connectivity index (χ0v) is 12.6. The fourth-order valence-electron chi connectivity index (χ4n) is 2.61. The molecule has 1 fully saturated rings. The molecule has 1 aliphatic rings. The zero-order chi connectivity index (χ0) is 15.5. The van der Waals surface area contributed by atoms with E-state index in [0.29, 0.717) is 29.6 Å². The summed E-state index contributed by atoms with van der Waals surface area (Å²) in [5.41, 5.74) is 0.750. The summed E-state index contributed by atoms with van der Waals surface area (Å²) in [5, 5.41) is 16.9. The summed E-state index contributed by atoms with van der Waals surface area (Å²) in [5.74, 6) is 0.228. The first-order chi connectivity index (χ1) is 10.6. The lowest BCUT2D eigenvalue weighted by Gasteiger charge is -2.12. The molecule has 2 aromatic rings. The van der Waals surface area contributed by atoms with Gasteiger partial charge in [-0.3, -0.25) is 4.79 Å². The van der Waals surface area contributed by atoms with Gasteiger partial charge >= 0.3 is 0 Å². The molecule has 116 valence electrons. The number of carbonyl (C=O) groups is 1. The molecular formula is C15H16ClN3O3. The van der Waals surface area contributed by atoms with Crippen molar-refractivity contribution in [2.24, 2.45) is 5.92 Å². The van der Waals surface area contributed by atoms with E-state index < -0.39 is 6.10 Å². The molecular weight excluding hydrogens is 306 g/mol. The predicted octanol–water partition coefficient (Wildman–Crippen LogP) is 2.17. The van der Waals surface area contributed by atoms with Crippen molar-refractivity contribution in [2.45, 2.75) is 31.9 Å². The normalized spacial score (nSPS) is 21.0. The topological polar surface area (TPSA) is 88.3 Å². The minimum Gasteiger partial charge on any atom is -0.392 e. The minimum atomic E-state index is -0.551. The van der Waals surface area contributed by atoms with Crippen LogP contribution in [0.2, 0.25) is 5.02 Å². The first-order valence-corrected chi connectivity index (χ1v) is 7.55. The van der Waals surface area contributed by atoms with E-state index in [-0.39, 0.29) is 18.4 Å². The zero-order valence-electron chi connectivity index (χ0n) is 11.8. The molecule has 3 rings (SSSR count). The average Bonchev–Trinajstić information content (AvgIpc) is 3.14. The average molecular weight is 322 g/mol. The van der Waals surface area contributed by atoms with E-state index in [1.807, 2.05) is 6.07 Å². The van der Waals surface area contributed by atoms with Gasteiger partial charge in [0, 0.05) is 10.6 Å². The number of aliphatic hydroxyl groups excluding tert-OH is 1. The van der Waals surface area contributed by atoms with Gasteiger partial charge in [-0.15, -0.1) is 0 Å². The van der Waals surface area contributed by atoms with Gasteiger partial charge in [0.15, 0.2) is 0 Å². The number of rotatable bonds is 4. The fourth-order valence-corrected chi connectivity index (χ4v) is 2.80. The Kier molecular flexibility index (Phi) is 4.40.